The lowest BCUT2D eigenvalue weighted by molar-refractivity contribution is 1.19. The summed E-state index contributed by atoms with van der Waals surface area (Å²) in [7, 11) is 0. The number of hydrogen-bond acceptors (Lipinski definition) is 5. The van der Waals surface area contributed by atoms with Gasteiger partial charge < -0.3 is 0 Å². The Morgan fingerprint density at radius 1 is 0.346 bits per heavy atom. The fourth-order valence-electron chi connectivity index (χ4n) is 7.72. The summed E-state index contributed by atoms with van der Waals surface area (Å²) in [5, 5.41) is 8.61. The van der Waals surface area contributed by atoms with E-state index in [0.717, 1.165) is 55.6 Å². The summed E-state index contributed by atoms with van der Waals surface area (Å²) in [6, 6.07) is 58.1. The van der Waals surface area contributed by atoms with Crippen LogP contribution in [-0.2, 0) is 0 Å². The van der Waals surface area contributed by atoms with Crippen molar-refractivity contribution in [1.82, 2.24) is 15.0 Å². The number of thiophene rings is 2. The molecular weight excluding hydrogens is 671 g/mol. The van der Waals surface area contributed by atoms with E-state index < -0.39 is 0 Å². The molecule has 4 aromatic heterocycles. The molecule has 3 nitrogen and oxygen atoms in total. The third-order valence-electron chi connectivity index (χ3n) is 10.1. The van der Waals surface area contributed by atoms with Crippen LogP contribution in [0.25, 0.3) is 107 Å². The average Bonchev–Trinajstić information content (AvgIpc) is 3.79. The Morgan fingerprint density at radius 2 is 0.962 bits per heavy atom. The molecule has 0 fully saturated rings. The van der Waals surface area contributed by atoms with E-state index in [9.17, 15) is 0 Å². The molecule has 0 aliphatic heterocycles. The zero-order valence-electron chi connectivity index (χ0n) is 27.7. The lowest BCUT2D eigenvalue weighted by Crippen LogP contribution is -1.97. The number of rotatable bonds is 4. The van der Waals surface area contributed by atoms with Crippen molar-refractivity contribution in [3.8, 4) is 45.2 Å². The van der Waals surface area contributed by atoms with Gasteiger partial charge in [0, 0.05) is 78.8 Å². The maximum atomic E-state index is 5.42. The van der Waals surface area contributed by atoms with Gasteiger partial charge in [-0.1, -0.05) is 127 Å². The van der Waals surface area contributed by atoms with Crippen LogP contribution in [0.1, 0.15) is 0 Å². The van der Waals surface area contributed by atoms with Crippen LogP contribution in [0, 0.1) is 0 Å². The van der Waals surface area contributed by atoms with E-state index >= 15 is 0 Å². The first-order valence-corrected chi connectivity index (χ1v) is 19.0. The molecule has 4 heterocycles. The van der Waals surface area contributed by atoms with Gasteiger partial charge in [-0.05, 0) is 36.4 Å². The summed E-state index contributed by atoms with van der Waals surface area (Å²) in [6.07, 6.45) is 0. The van der Waals surface area contributed by atoms with Crippen LogP contribution in [-0.4, -0.2) is 15.0 Å². The molecule has 0 atom stereocenters. The van der Waals surface area contributed by atoms with E-state index in [0.29, 0.717) is 5.82 Å². The van der Waals surface area contributed by atoms with E-state index in [-0.39, 0.29) is 0 Å². The molecule has 0 aliphatic rings. The predicted molar refractivity (Wildman–Crippen MR) is 222 cm³/mol. The van der Waals surface area contributed by atoms with Crippen LogP contribution >= 0.6 is 22.7 Å². The van der Waals surface area contributed by atoms with Crippen molar-refractivity contribution in [2.24, 2.45) is 0 Å². The molecule has 0 saturated carbocycles. The Bertz CT molecular complexity index is 3180. The van der Waals surface area contributed by atoms with Gasteiger partial charge in [-0.2, -0.15) is 0 Å². The third-order valence-corrected chi connectivity index (χ3v) is 12.3. The van der Waals surface area contributed by atoms with Gasteiger partial charge >= 0.3 is 0 Å². The molecule has 7 aromatic carbocycles. The molecule has 0 bridgehead atoms. The summed E-state index contributed by atoms with van der Waals surface area (Å²) >= 11 is 3.68. The van der Waals surface area contributed by atoms with E-state index in [4.69, 9.17) is 15.0 Å². The first-order valence-electron chi connectivity index (χ1n) is 17.4. The molecule has 52 heavy (non-hydrogen) atoms. The number of nitrogens with zero attached hydrogens (tertiary/aromatic N) is 3. The minimum absolute atomic E-state index is 0.702. The van der Waals surface area contributed by atoms with Crippen LogP contribution < -0.4 is 0 Å². The first kappa shape index (κ1) is 29.5. The van der Waals surface area contributed by atoms with Crippen molar-refractivity contribution in [1.29, 1.82) is 0 Å². The molecule has 0 unspecified atom stereocenters. The largest absolute Gasteiger partial charge is 0.247 e. The van der Waals surface area contributed by atoms with Crippen LogP contribution in [0.15, 0.2) is 164 Å². The highest BCUT2D eigenvalue weighted by molar-refractivity contribution is 7.26. The van der Waals surface area contributed by atoms with Crippen molar-refractivity contribution < 1.29 is 0 Å². The van der Waals surface area contributed by atoms with Crippen molar-refractivity contribution in [2.45, 2.75) is 0 Å². The lowest BCUT2D eigenvalue weighted by atomic mass is 9.95. The van der Waals surface area contributed by atoms with Gasteiger partial charge in [0.25, 0.3) is 0 Å². The van der Waals surface area contributed by atoms with E-state index in [1.165, 1.54) is 45.7 Å². The Balaban J connectivity index is 1.20. The summed E-state index contributed by atoms with van der Waals surface area (Å²) in [5.74, 6) is 0.702. The summed E-state index contributed by atoms with van der Waals surface area (Å²) in [4.78, 5) is 15.9. The van der Waals surface area contributed by atoms with Crippen molar-refractivity contribution in [2.75, 3.05) is 0 Å². The Kier molecular flexibility index (Phi) is 6.59. The zero-order valence-corrected chi connectivity index (χ0v) is 29.4. The smallest absolute Gasteiger partial charge is 0.160 e. The SMILES string of the molecule is c1ccc(-c2nc(-c3ccc4c(c3)nc(-c3ccccc3)c3ccc5sc6ccccc6c5c34)cc(-c3cccc4sc5ccccc5c34)n2)cc1. The maximum absolute atomic E-state index is 5.42. The molecule has 0 amide bonds. The zero-order chi connectivity index (χ0) is 34.2. The maximum Gasteiger partial charge on any atom is 0.160 e. The number of fused-ring (bicyclic) bond motifs is 10. The van der Waals surface area contributed by atoms with Gasteiger partial charge in [-0.15, -0.1) is 22.7 Å². The molecular formula is C47H27N3S2. The monoisotopic (exact) mass is 697 g/mol. The molecule has 0 saturated heterocycles. The van der Waals surface area contributed by atoms with Gasteiger partial charge in [0.05, 0.1) is 22.6 Å². The van der Waals surface area contributed by atoms with Crippen LogP contribution in [0.4, 0.5) is 0 Å². The quantitative estimate of drug-likeness (QED) is 0.172. The second-order valence-corrected chi connectivity index (χ2v) is 15.3. The molecule has 11 rings (SSSR count). The highest BCUT2D eigenvalue weighted by atomic mass is 32.1. The predicted octanol–water partition coefficient (Wildman–Crippen LogP) is 13.6. The van der Waals surface area contributed by atoms with E-state index in [2.05, 4.69) is 146 Å². The van der Waals surface area contributed by atoms with E-state index in [1.807, 2.05) is 40.9 Å². The summed E-state index contributed by atoms with van der Waals surface area (Å²) in [6.45, 7) is 0. The summed E-state index contributed by atoms with van der Waals surface area (Å²) in [5.41, 5.74) is 7.90. The highest BCUT2D eigenvalue weighted by Gasteiger charge is 2.19. The Labute approximate surface area is 307 Å². The van der Waals surface area contributed by atoms with Crippen LogP contribution in [0.2, 0.25) is 0 Å². The molecule has 5 heteroatoms. The number of aromatic nitrogens is 3. The lowest BCUT2D eigenvalue weighted by Gasteiger charge is -2.14. The fraction of sp³-hybridized carbons (Fsp3) is 0. The summed E-state index contributed by atoms with van der Waals surface area (Å²) < 4.78 is 5.11. The van der Waals surface area contributed by atoms with Crippen molar-refractivity contribution in [3.63, 3.8) is 0 Å². The number of hydrogen-bond donors (Lipinski definition) is 0. The number of pyridine rings is 1. The molecule has 0 radical (unpaired) electrons. The van der Waals surface area contributed by atoms with Gasteiger partial charge in [0.2, 0.25) is 0 Å². The van der Waals surface area contributed by atoms with Crippen molar-refractivity contribution in [3.05, 3.63) is 164 Å². The molecule has 0 N–H and O–H groups in total. The third kappa shape index (κ3) is 4.60. The molecule has 11 aromatic rings. The number of benzene rings is 7. The van der Waals surface area contributed by atoms with Gasteiger partial charge in [-0.25, -0.2) is 15.0 Å². The topological polar surface area (TPSA) is 38.7 Å². The average molecular weight is 698 g/mol. The standard InChI is InChI=1S/C47H27N3S2/c1-3-12-28(13-4-1)46-35-24-25-42-45(34-17-8-10-20-40(34)52-42)44(35)32-23-22-30(26-37(32)48-46)36-27-38(50-47(49-36)29-14-5-2-6-15-29)31-18-11-21-41-43(31)33-16-7-9-19-39(33)51-41/h1-27H. The van der Waals surface area contributed by atoms with Gasteiger partial charge in [0.1, 0.15) is 0 Å². The second kappa shape index (κ2) is 11.6. The van der Waals surface area contributed by atoms with E-state index in [1.54, 1.807) is 0 Å². The van der Waals surface area contributed by atoms with Crippen molar-refractivity contribution >= 4 is 84.7 Å². The molecule has 242 valence electrons. The fourth-order valence-corrected chi connectivity index (χ4v) is 9.97. The second-order valence-electron chi connectivity index (χ2n) is 13.1. The Morgan fingerprint density at radius 3 is 1.73 bits per heavy atom. The highest BCUT2D eigenvalue weighted by Crippen LogP contribution is 2.45. The molecule has 0 aliphatic carbocycles. The van der Waals surface area contributed by atoms with Crippen LogP contribution in [0.5, 0.6) is 0 Å². The normalized spacial score (nSPS) is 11.8. The first-order chi connectivity index (χ1) is 25.8. The van der Waals surface area contributed by atoms with Gasteiger partial charge in [-0.3, -0.25) is 0 Å². The minimum atomic E-state index is 0.702. The Hall–Kier alpha value is -6.27. The molecule has 0 spiro atoms. The van der Waals surface area contributed by atoms with Gasteiger partial charge in [0.15, 0.2) is 5.82 Å². The minimum Gasteiger partial charge on any atom is -0.247 e. The van der Waals surface area contributed by atoms with Crippen LogP contribution in [0.3, 0.4) is 0 Å².